The number of carboxylic acid groups (broad SMARTS) is 1. The quantitative estimate of drug-likeness (QED) is 0.603. The van der Waals surface area contributed by atoms with Crippen LogP contribution in [0.5, 0.6) is 0 Å². The van der Waals surface area contributed by atoms with E-state index in [2.05, 4.69) is 11.3 Å². The van der Waals surface area contributed by atoms with Gasteiger partial charge in [-0.15, -0.1) is 0 Å². The van der Waals surface area contributed by atoms with Crippen molar-refractivity contribution in [3.05, 3.63) is 47.5 Å². The van der Waals surface area contributed by atoms with Crippen molar-refractivity contribution in [3.8, 4) is 0 Å². The predicted molar refractivity (Wildman–Crippen MR) is 89.8 cm³/mol. The van der Waals surface area contributed by atoms with Crippen molar-refractivity contribution >= 4 is 17.9 Å². The maximum atomic E-state index is 12.3. The molecule has 0 unspecified atom stereocenters. The van der Waals surface area contributed by atoms with Gasteiger partial charge in [0.2, 0.25) is 0 Å². The Bertz CT molecular complexity index is 668. The second-order valence-corrected chi connectivity index (χ2v) is 6.29. The Morgan fingerprint density at radius 3 is 2.32 bits per heavy atom. The molecule has 0 aliphatic heterocycles. The zero-order valence-electron chi connectivity index (χ0n) is 14.2. The molecule has 1 aliphatic rings. The SMILES string of the molecule is C=C(CC(=O)OC1(c2ccc(C)cc2)CCCC1)C(=O)OCC(=O)O. The molecule has 0 bridgehead atoms. The molecule has 0 spiro atoms. The Labute approximate surface area is 146 Å². The summed E-state index contributed by atoms with van der Waals surface area (Å²) in [7, 11) is 0. The van der Waals surface area contributed by atoms with Crippen LogP contribution in [-0.2, 0) is 29.5 Å². The van der Waals surface area contributed by atoms with Crippen LogP contribution in [0.1, 0.15) is 43.2 Å². The van der Waals surface area contributed by atoms with Gasteiger partial charge >= 0.3 is 17.9 Å². The number of carbonyl (C=O) groups is 3. The smallest absolute Gasteiger partial charge is 0.341 e. The monoisotopic (exact) mass is 346 g/mol. The molecular formula is C19H22O6. The summed E-state index contributed by atoms with van der Waals surface area (Å²) in [4.78, 5) is 34.3. The van der Waals surface area contributed by atoms with Crippen LogP contribution in [0.2, 0.25) is 0 Å². The zero-order chi connectivity index (χ0) is 18.4. The first kappa shape index (κ1) is 18.7. The molecular weight excluding hydrogens is 324 g/mol. The summed E-state index contributed by atoms with van der Waals surface area (Å²) in [5.41, 5.74) is 1.28. The number of hydrogen-bond donors (Lipinski definition) is 1. The molecule has 1 fully saturated rings. The summed E-state index contributed by atoms with van der Waals surface area (Å²) in [5.74, 6) is -2.75. The van der Waals surface area contributed by atoms with E-state index < -0.39 is 30.1 Å². The third-order valence-corrected chi connectivity index (χ3v) is 4.27. The fraction of sp³-hybridized carbons (Fsp3) is 0.421. The van der Waals surface area contributed by atoms with Gasteiger partial charge in [0.15, 0.2) is 6.61 Å². The van der Waals surface area contributed by atoms with E-state index in [4.69, 9.17) is 9.84 Å². The van der Waals surface area contributed by atoms with E-state index in [1.807, 2.05) is 31.2 Å². The van der Waals surface area contributed by atoms with Crippen molar-refractivity contribution in [2.24, 2.45) is 0 Å². The summed E-state index contributed by atoms with van der Waals surface area (Å²) in [5, 5.41) is 8.50. The molecule has 6 nitrogen and oxygen atoms in total. The molecule has 0 atom stereocenters. The van der Waals surface area contributed by atoms with E-state index in [9.17, 15) is 14.4 Å². The van der Waals surface area contributed by atoms with Crippen LogP contribution in [-0.4, -0.2) is 29.6 Å². The van der Waals surface area contributed by atoms with Crippen LogP contribution in [0.4, 0.5) is 0 Å². The summed E-state index contributed by atoms with van der Waals surface area (Å²) in [6.07, 6.45) is 3.06. The molecule has 0 amide bonds. The lowest BCUT2D eigenvalue weighted by molar-refractivity contribution is -0.161. The summed E-state index contributed by atoms with van der Waals surface area (Å²) >= 11 is 0. The van der Waals surface area contributed by atoms with E-state index in [0.717, 1.165) is 36.8 Å². The van der Waals surface area contributed by atoms with E-state index in [1.165, 1.54) is 0 Å². The number of carboxylic acids is 1. The van der Waals surface area contributed by atoms with Crippen LogP contribution in [0.25, 0.3) is 0 Å². The first-order chi connectivity index (χ1) is 11.8. The molecule has 2 rings (SSSR count). The molecule has 1 aromatic carbocycles. The van der Waals surface area contributed by atoms with Gasteiger partial charge in [-0.25, -0.2) is 9.59 Å². The van der Waals surface area contributed by atoms with Crippen molar-refractivity contribution in [3.63, 3.8) is 0 Å². The van der Waals surface area contributed by atoms with E-state index in [0.29, 0.717) is 0 Å². The lowest BCUT2D eigenvalue weighted by atomic mass is 9.91. The van der Waals surface area contributed by atoms with Crippen molar-refractivity contribution in [2.45, 2.75) is 44.6 Å². The van der Waals surface area contributed by atoms with Crippen LogP contribution >= 0.6 is 0 Å². The fourth-order valence-corrected chi connectivity index (χ4v) is 2.98. The highest BCUT2D eigenvalue weighted by Gasteiger charge is 2.39. The molecule has 1 aliphatic carbocycles. The molecule has 1 aromatic rings. The van der Waals surface area contributed by atoms with E-state index in [-0.39, 0.29) is 12.0 Å². The Hall–Kier alpha value is -2.63. The highest BCUT2D eigenvalue weighted by atomic mass is 16.6. The third-order valence-electron chi connectivity index (χ3n) is 4.27. The number of aryl methyl sites for hydroxylation is 1. The van der Waals surface area contributed by atoms with Gasteiger partial charge < -0.3 is 14.6 Å². The number of hydrogen-bond acceptors (Lipinski definition) is 5. The number of aliphatic carboxylic acids is 1. The number of carbonyl (C=O) groups excluding carboxylic acids is 2. The summed E-state index contributed by atoms with van der Waals surface area (Å²) < 4.78 is 10.3. The second-order valence-electron chi connectivity index (χ2n) is 6.29. The second kappa shape index (κ2) is 7.96. The number of ether oxygens (including phenoxy) is 2. The number of rotatable bonds is 7. The lowest BCUT2D eigenvalue weighted by Gasteiger charge is -2.30. The summed E-state index contributed by atoms with van der Waals surface area (Å²) in [6.45, 7) is 4.71. The Kier molecular flexibility index (Phi) is 5.96. The first-order valence-electron chi connectivity index (χ1n) is 8.18. The normalized spacial score (nSPS) is 15.4. The molecule has 6 heteroatoms. The first-order valence-corrected chi connectivity index (χ1v) is 8.18. The molecule has 134 valence electrons. The predicted octanol–water partition coefficient (Wildman–Crippen LogP) is 2.88. The van der Waals surface area contributed by atoms with Gasteiger partial charge in [0, 0.05) is 5.57 Å². The topological polar surface area (TPSA) is 89.9 Å². The van der Waals surface area contributed by atoms with E-state index in [1.54, 1.807) is 0 Å². The average molecular weight is 346 g/mol. The number of benzene rings is 1. The molecule has 1 N–H and O–H groups in total. The van der Waals surface area contributed by atoms with E-state index >= 15 is 0 Å². The number of esters is 2. The Morgan fingerprint density at radius 2 is 1.76 bits per heavy atom. The molecule has 0 radical (unpaired) electrons. The van der Waals surface area contributed by atoms with Crippen LogP contribution in [0.15, 0.2) is 36.4 Å². The Balaban J connectivity index is 2.01. The zero-order valence-corrected chi connectivity index (χ0v) is 14.2. The molecule has 0 saturated heterocycles. The highest BCUT2D eigenvalue weighted by molar-refractivity contribution is 5.94. The summed E-state index contributed by atoms with van der Waals surface area (Å²) in [6, 6.07) is 7.88. The molecule has 1 saturated carbocycles. The van der Waals surface area contributed by atoms with Crippen molar-refractivity contribution in [1.82, 2.24) is 0 Å². The van der Waals surface area contributed by atoms with Gasteiger partial charge in [0.05, 0.1) is 6.42 Å². The van der Waals surface area contributed by atoms with Gasteiger partial charge in [-0.05, 0) is 38.2 Å². The van der Waals surface area contributed by atoms with Gasteiger partial charge in [-0.2, -0.15) is 0 Å². The Morgan fingerprint density at radius 1 is 1.16 bits per heavy atom. The minimum Gasteiger partial charge on any atom is -0.479 e. The van der Waals surface area contributed by atoms with Gasteiger partial charge in [0.1, 0.15) is 5.60 Å². The van der Waals surface area contributed by atoms with Gasteiger partial charge in [-0.1, -0.05) is 36.4 Å². The molecule has 0 aromatic heterocycles. The minimum atomic E-state index is -1.27. The minimum absolute atomic E-state index is 0.122. The maximum Gasteiger partial charge on any atom is 0.341 e. The largest absolute Gasteiger partial charge is 0.479 e. The average Bonchev–Trinajstić information content (AvgIpc) is 3.02. The van der Waals surface area contributed by atoms with Gasteiger partial charge in [-0.3, -0.25) is 4.79 Å². The van der Waals surface area contributed by atoms with Gasteiger partial charge in [0.25, 0.3) is 0 Å². The standard InChI is InChI=1S/C19H22O6/c1-13-5-7-15(8-6-13)19(9-3-4-10-19)25-17(22)11-14(2)18(23)24-12-16(20)21/h5-8H,2-4,9-12H2,1H3,(H,20,21). The fourth-order valence-electron chi connectivity index (χ4n) is 2.98. The highest BCUT2D eigenvalue weighted by Crippen LogP contribution is 2.42. The maximum absolute atomic E-state index is 12.3. The lowest BCUT2D eigenvalue weighted by Crippen LogP contribution is -2.30. The molecule has 0 heterocycles. The van der Waals surface area contributed by atoms with Crippen LogP contribution < -0.4 is 0 Å². The third kappa shape index (κ3) is 4.92. The van der Waals surface area contributed by atoms with Crippen LogP contribution in [0, 0.1) is 6.92 Å². The van der Waals surface area contributed by atoms with Crippen LogP contribution in [0.3, 0.4) is 0 Å². The van der Waals surface area contributed by atoms with Crippen molar-refractivity contribution in [2.75, 3.05) is 6.61 Å². The van der Waals surface area contributed by atoms with Crippen molar-refractivity contribution in [1.29, 1.82) is 0 Å². The van der Waals surface area contributed by atoms with Crippen molar-refractivity contribution < 1.29 is 29.0 Å². The molecule has 25 heavy (non-hydrogen) atoms.